The van der Waals surface area contributed by atoms with Crippen LogP contribution in [0.3, 0.4) is 0 Å². The molecule has 30 heavy (non-hydrogen) atoms. The SMILES string of the molecule is CCCCCCCC(=O)Nc1cccc(Nc2nccc(-c3sc(C)nc3C)n2)c1. The van der Waals surface area contributed by atoms with Crippen LogP contribution in [-0.2, 0) is 4.79 Å². The number of nitrogens with zero attached hydrogens (tertiary/aromatic N) is 3. The number of benzene rings is 1. The van der Waals surface area contributed by atoms with Gasteiger partial charge in [0.25, 0.3) is 0 Å². The highest BCUT2D eigenvalue weighted by molar-refractivity contribution is 7.15. The molecular weight excluding hydrogens is 394 g/mol. The number of carbonyl (C=O) groups excluding carboxylic acids is 1. The maximum Gasteiger partial charge on any atom is 0.227 e. The Morgan fingerprint density at radius 3 is 2.60 bits per heavy atom. The summed E-state index contributed by atoms with van der Waals surface area (Å²) in [6.45, 7) is 6.17. The number of rotatable bonds is 10. The van der Waals surface area contributed by atoms with Gasteiger partial charge in [-0.1, -0.05) is 38.7 Å². The molecule has 0 atom stereocenters. The van der Waals surface area contributed by atoms with Gasteiger partial charge in [0.05, 0.1) is 21.3 Å². The highest BCUT2D eigenvalue weighted by Gasteiger charge is 2.10. The maximum atomic E-state index is 12.2. The first-order chi connectivity index (χ1) is 14.5. The van der Waals surface area contributed by atoms with Gasteiger partial charge in [0.15, 0.2) is 0 Å². The monoisotopic (exact) mass is 423 g/mol. The van der Waals surface area contributed by atoms with Crippen LogP contribution < -0.4 is 10.6 Å². The van der Waals surface area contributed by atoms with Gasteiger partial charge in [0.2, 0.25) is 11.9 Å². The molecule has 0 saturated carbocycles. The fourth-order valence-electron chi connectivity index (χ4n) is 3.23. The first kappa shape index (κ1) is 21.9. The molecule has 0 aliphatic heterocycles. The highest BCUT2D eigenvalue weighted by Crippen LogP contribution is 2.29. The van der Waals surface area contributed by atoms with Crippen molar-refractivity contribution in [2.75, 3.05) is 10.6 Å². The first-order valence-electron chi connectivity index (χ1n) is 10.5. The molecule has 7 heteroatoms. The van der Waals surface area contributed by atoms with E-state index in [1.165, 1.54) is 19.3 Å². The molecule has 1 amide bonds. The highest BCUT2D eigenvalue weighted by atomic mass is 32.1. The predicted molar refractivity (Wildman–Crippen MR) is 124 cm³/mol. The molecule has 0 aliphatic rings. The Balaban J connectivity index is 1.61. The lowest BCUT2D eigenvalue weighted by Gasteiger charge is -2.09. The van der Waals surface area contributed by atoms with E-state index in [0.29, 0.717) is 12.4 Å². The van der Waals surface area contributed by atoms with Crippen molar-refractivity contribution in [2.45, 2.75) is 59.3 Å². The topological polar surface area (TPSA) is 79.8 Å². The molecule has 0 aliphatic carbocycles. The third kappa shape index (κ3) is 6.35. The minimum Gasteiger partial charge on any atom is -0.326 e. The van der Waals surface area contributed by atoms with Crippen molar-refractivity contribution in [1.82, 2.24) is 15.0 Å². The number of hydrogen-bond donors (Lipinski definition) is 2. The number of hydrogen-bond acceptors (Lipinski definition) is 6. The number of anilines is 3. The summed E-state index contributed by atoms with van der Waals surface area (Å²) < 4.78 is 0. The maximum absolute atomic E-state index is 12.2. The van der Waals surface area contributed by atoms with Gasteiger partial charge in [-0.05, 0) is 44.5 Å². The quantitative estimate of drug-likeness (QED) is 0.376. The summed E-state index contributed by atoms with van der Waals surface area (Å²) in [7, 11) is 0. The van der Waals surface area contributed by atoms with Gasteiger partial charge in [-0.15, -0.1) is 11.3 Å². The minimum absolute atomic E-state index is 0.0536. The Morgan fingerprint density at radius 2 is 1.83 bits per heavy atom. The standard InChI is InChI=1S/C23H29N5OS/c1-4-5-6-7-8-12-21(29)26-18-10-9-11-19(15-18)27-23-24-14-13-20(28-23)22-16(2)25-17(3)30-22/h9-11,13-15H,4-8,12H2,1-3H3,(H,26,29)(H,24,27,28). The second-order valence-electron chi connectivity index (χ2n) is 7.33. The summed E-state index contributed by atoms with van der Waals surface area (Å²) in [6, 6.07) is 9.51. The van der Waals surface area contributed by atoms with Crippen LogP contribution in [0.15, 0.2) is 36.5 Å². The Hall–Kier alpha value is -2.80. The molecule has 2 heterocycles. The predicted octanol–water partition coefficient (Wildman–Crippen LogP) is 6.26. The Labute approximate surface area is 182 Å². The average Bonchev–Trinajstić information content (AvgIpc) is 3.06. The van der Waals surface area contributed by atoms with E-state index >= 15 is 0 Å². The lowest BCUT2D eigenvalue weighted by Crippen LogP contribution is -2.11. The Bertz CT molecular complexity index is 985. The van der Waals surface area contributed by atoms with Gasteiger partial charge in [-0.25, -0.2) is 15.0 Å². The molecule has 2 aromatic heterocycles. The van der Waals surface area contributed by atoms with Crippen LogP contribution in [-0.4, -0.2) is 20.9 Å². The Kier molecular flexibility index (Phi) is 7.90. The lowest BCUT2D eigenvalue weighted by atomic mass is 10.1. The molecule has 0 fully saturated rings. The third-order valence-electron chi connectivity index (χ3n) is 4.70. The number of amides is 1. The zero-order valence-corrected chi connectivity index (χ0v) is 18.7. The van der Waals surface area contributed by atoms with Gasteiger partial charge < -0.3 is 10.6 Å². The number of unbranched alkanes of at least 4 members (excludes halogenated alkanes) is 4. The molecular formula is C23H29N5OS. The molecule has 2 N–H and O–H groups in total. The normalized spacial score (nSPS) is 10.8. The van der Waals surface area contributed by atoms with Crippen molar-refractivity contribution in [1.29, 1.82) is 0 Å². The minimum atomic E-state index is 0.0536. The zero-order chi connectivity index (χ0) is 21.3. The van der Waals surface area contributed by atoms with Crippen LogP contribution in [0.25, 0.3) is 10.6 Å². The van der Waals surface area contributed by atoms with Crippen LogP contribution in [0.1, 0.15) is 56.2 Å². The van der Waals surface area contributed by atoms with Crippen molar-refractivity contribution in [3.05, 3.63) is 47.2 Å². The summed E-state index contributed by atoms with van der Waals surface area (Å²) in [6.07, 6.45) is 7.98. The fraction of sp³-hybridized carbons (Fsp3) is 0.391. The molecule has 0 saturated heterocycles. The molecule has 3 rings (SSSR count). The summed E-state index contributed by atoms with van der Waals surface area (Å²) in [5.41, 5.74) is 3.42. The van der Waals surface area contributed by atoms with Crippen LogP contribution in [0, 0.1) is 13.8 Å². The summed E-state index contributed by atoms with van der Waals surface area (Å²) in [4.78, 5) is 26.7. The number of aryl methyl sites for hydroxylation is 2. The van der Waals surface area contributed by atoms with Crippen LogP contribution in [0.4, 0.5) is 17.3 Å². The van der Waals surface area contributed by atoms with Gasteiger partial charge in [0, 0.05) is 24.0 Å². The third-order valence-corrected chi connectivity index (χ3v) is 5.80. The molecule has 6 nitrogen and oxygen atoms in total. The second kappa shape index (κ2) is 10.8. The van der Waals surface area contributed by atoms with Crippen molar-refractivity contribution in [3.8, 4) is 10.6 Å². The van der Waals surface area contributed by atoms with E-state index in [4.69, 9.17) is 0 Å². The summed E-state index contributed by atoms with van der Waals surface area (Å²) in [5.74, 6) is 0.565. The van der Waals surface area contributed by atoms with Crippen molar-refractivity contribution >= 4 is 34.6 Å². The van der Waals surface area contributed by atoms with Crippen molar-refractivity contribution < 1.29 is 4.79 Å². The van der Waals surface area contributed by atoms with E-state index < -0.39 is 0 Å². The van der Waals surface area contributed by atoms with E-state index in [9.17, 15) is 4.79 Å². The summed E-state index contributed by atoms with van der Waals surface area (Å²) >= 11 is 1.63. The summed E-state index contributed by atoms with van der Waals surface area (Å²) in [5, 5.41) is 7.23. The number of aromatic nitrogens is 3. The van der Waals surface area contributed by atoms with E-state index in [0.717, 1.165) is 45.5 Å². The van der Waals surface area contributed by atoms with Gasteiger partial charge >= 0.3 is 0 Å². The largest absolute Gasteiger partial charge is 0.326 e. The molecule has 0 spiro atoms. The van der Waals surface area contributed by atoms with Crippen molar-refractivity contribution in [3.63, 3.8) is 0 Å². The van der Waals surface area contributed by atoms with E-state index in [1.807, 2.05) is 44.2 Å². The average molecular weight is 424 g/mol. The zero-order valence-electron chi connectivity index (χ0n) is 17.9. The van der Waals surface area contributed by atoms with Gasteiger partial charge in [-0.2, -0.15) is 0 Å². The van der Waals surface area contributed by atoms with Crippen LogP contribution >= 0.6 is 11.3 Å². The van der Waals surface area contributed by atoms with Gasteiger partial charge in [0.1, 0.15) is 0 Å². The van der Waals surface area contributed by atoms with E-state index in [-0.39, 0.29) is 5.91 Å². The molecule has 3 aromatic rings. The first-order valence-corrected chi connectivity index (χ1v) is 11.3. The molecule has 158 valence electrons. The molecule has 0 bridgehead atoms. The lowest BCUT2D eigenvalue weighted by molar-refractivity contribution is -0.116. The molecule has 0 radical (unpaired) electrons. The van der Waals surface area contributed by atoms with E-state index in [1.54, 1.807) is 17.5 Å². The fourth-order valence-corrected chi connectivity index (χ4v) is 4.12. The molecule has 0 unspecified atom stereocenters. The van der Waals surface area contributed by atoms with Crippen molar-refractivity contribution in [2.24, 2.45) is 0 Å². The smallest absolute Gasteiger partial charge is 0.227 e. The Morgan fingerprint density at radius 1 is 1.03 bits per heavy atom. The van der Waals surface area contributed by atoms with E-state index in [2.05, 4.69) is 32.5 Å². The number of carbonyl (C=O) groups is 1. The molecule has 1 aromatic carbocycles. The van der Waals surface area contributed by atoms with Crippen LogP contribution in [0.2, 0.25) is 0 Å². The van der Waals surface area contributed by atoms with Crippen LogP contribution in [0.5, 0.6) is 0 Å². The van der Waals surface area contributed by atoms with Gasteiger partial charge in [-0.3, -0.25) is 4.79 Å². The second-order valence-corrected chi connectivity index (χ2v) is 8.53. The number of nitrogens with one attached hydrogen (secondary N) is 2. The number of thiazole rings is 1.